The summed E-state index contributed by atoms with van der Waals surface area (Å²) in [6.45, 7) is 0. The number of pyridine rings is 3. The lowest BCUT2D eigenvalue weighted by Gasteiger charge is -2.14. The average Bonchev–Trinajstić information content (AvgIpc) is 3.37. The molecule has 0 bridgehead atoms. The highest BCUT2D eigenvalue weighted by molar-refractivity contribution is 6.30. The third-order valence-corrected chi connectivity index (χ3v) is 5.64. The summed E-state index contributed by atoms with van der Waals surface area (Å²) in [5.74, 6) is 2.50. The molecule has 0 radical (unpaired) electrons. The summed E-state index contributed by atoms with van der Waals surface area (Å²) in [5, 5.41) is 11.4. The number of benzene rings is 1. The maximum Gasteiger partial charge on any atom is 0.251 e. The summed E-state index contributed by atoms with van der Waals surface area (Å²) >= 11 is 5.94. The van der Waals surface area contributed by atoms with Crippen LogP contribution in [0.2, 0.25) is 5.02 Å². The van der Waals surface area contributed by atoms with Gasteiger partial charge in [-0.15, -0.1) is 6.42 Å². The van der Waals surface area contributed by atoms with Crippen LogP contribution in [-0.4, -0.2) is 29.2 Å². The summed E-state index contributed by atoms with van der Waals surface area (Å²) in [6.07, 6.45) is 9.92. The van der Waals surface area contributed by atoms with Crippen molar-refractivity contribution in [3.63, 3.8) is 0 Å². The lowest BCUT2D eigenvalue weighted by molar-refractivity contribution is 0.216. The number of aliphatic hydroxyl groups is 1. The van der Waals surface area contributed by atoms with Crippen LogP contribution in [0.15, 0.2) is 84.2 Å². The van der Waals surface area contributed by atoms with Gasteiger partial charge < -0.3 is 14.2 Å². The Labute approximate surface area is 207 Å². The number of terminal acetylenes is 1. The zero-order valence-electron chi connectivity index (χ0n) is 19.1. The summed E-state index contributed by atoms with van der Waals surface area (Å²) < 4.78 is 3.40. The van der Waals surface area contributed by atoms with Gasteiger partial charge in [0.2, 0.25) is 0 Å². The van der Waals surface area contributed by atoms with Crippen LogP contribution >= 0.6 is 11.6 Å². The molecular formula is C27H22ClN5O2. The molecule has 0 aliphatic rings. The van der Waals surface area contributed by atoms with Crippen LogP contribution in [0.4, 0.5) is 0 Å². The number of nitrogens with zero attached hydrogens (tertiary/aromatic N) is 5. The van der Waals surface area contributed by atoms with E-state index in [2.05, 4.69) is 20.9 Å². The van der Waals surface area contributed by atoms with Crippen LogP contribution in [0.3, 0.4) is 0 Å². The van der Waals surface area contributed by atoms with Gasteiger partial charge in [-0.3, -0.25) is 4.79 Å². The third-order valence-electron chi connectivity index (χ3n) is 5.39. The van der Waals surface area contributed by atoms with Crippen molar-refractivity contribution in [1.82, 2.24) is 24.1 Å². The second kappa shape index (κ2) is 10.3. The van der Waals surface area contributed by atoms with E-state index < -0.39 is 6.10 Å². The van der Waals surface area contributed by atoms with Crippen molar-refractivity contribution in [2.75, 3.05) is 0 Å². The van der Waals surface area contributed by atoms with E-state index in [9.17, 15) is 9.90 Å². The largest absolute Gasteiger partial charge is 0.382 e. The van der Waals surface area contributed by atoms with E-state index >= 15 is 0 Å². The first-order valence-corrected chi connectivity index (χ1v) is 11.1. The molecular weight excluding hydrogens is 462 g/mol. The zero-order chi connectivity index (χ0) is 24.9. The van der Waals surface area contributed by atoms with Gasteiger partial charge in [-0.05, 0) is 42.0 Å². The van der Waals surface area contributed by atoms with Crippen molar-refractivity contribution in [2.45, 2.75) is 6.10 Å². The molecule has 35 heavy (non-hydrogen) atoms. The molecule has 5 rings (SSSR count). The minimum Gasteiger partial charge on any atom is -0.382 e. The van der Waals surface area contributed by atoms with Crippen molar-refractivity contribution in [3.8, 4) is 23.6 Å². The van der Waals surface area contributed by atoms with E-state index in [0.717, 1.165) is 0 Å². The molecule has 5 aromatic rings. The molecule has 0 saturated carbocycles. The van der Waals surface area contributed by atoms with Gasteiger partial charge in [-0.25, -0.2) is 15.0 Å². The molecule has 1 aromatic carbocycles. The first-order chi connectivity index (χ1) is 16.9. The zero-order valence-corrected chi connectivity index (χ0v) is 19.9. The lowest BCUT2D eigenvalue weighted by atomic mass is 10.0. The molecule has 0 fully saturated rings. The smallest absolute Gasteiger partial charge is 0.251 e. The van der Waals surface area contributed by atoms with E-state index in [1.165, 1.54) is 10.6 Å². The maximum absolute atomic E-state index is 12.5. The fourth-order valence-corrected chi connectivity index (χ4v) is 3.62. The number of imidazole rings is 1. The van der Waals surface area contributed by atoms with Crippen LogP contribution in [0.5, 0.6) is 0 Å². The van der Waals surface area contributed by atoms with E-state index in [-0.39, 0.29) is 5.56 Å². The van der Waals surface area contributed by atoms with E-state index in [0.29, 0.717) is 44.3 Å². The second-order valence-electron chi connectivity index (χ2n) is 7.79. The molecule has 0 saturated heterocycles. The second-order valence-corrected chi connectivity index (χ2v) is 8.23. The number of halogens is 1. The highest BCUT2D eigenvalue weighted by atomic mass is 35.5. The predicted molar refractivity (Wildman–Crippen MR) is 137 cm³/mol. The summed E-state index contributed by atoms with van der Waals surface area (Å²) in [7, 11) is 3.61. The predicted octanol–water partition coefficient (Wildman–Crippen LogP) is 4.13. The first kappa shape index (κ1) is 23.9. The molecule has 1 unspecified atom stereocenters. The molecule has 174 valence electrons. The molecule has 1 atom stereocenters. The van der Waals surface area contributed by atoms with Gasteiger partial charge in [0.1, 0.15) is 11.8 Å². The Morgan fingerprint density at radius 2 is 1.83 bits per heavy atom. The number of hydrogen-bond donors (Lipinski definition) is 1. The molecule has 0 aliphatic heterocycles. The van der Waals surface area contributed by atoms with Gasteiger partial charge in [0.25, 0.3) is 5.56 Å². The molecule has 0 spiro atoms. The highest BCUT2D eigenvalue weighted by Crippen LogP contribution is 2.28. The average molecular weight is 484 g/mol. The van der Waals surface area contributed by atoms with Crippen LogP contribution in [0, 0.1) is 12.3 Å². The number of rotatable bonds is 3. The molecule has 0 aliphatic carbocycles. The summed E-state index contributed by atoms with van der Waals surface area (Å²) in [5.41, 5.74) is 3.70. The highest BCUT2D eigenvalue weighted by Gasteiger charge is 2.17. The molecule has 1 N–H and O–H groups in total. The quantitative estimate of drug-likeness (QED) is 0.390. The minimum atomic E-state index is -0.938. The fraction of sp³-hybridized carbons (Fsp3) is 0.111. The Bertz CT molecular complexity index is 1570. The van der Waals surface area contributed by atoms with Gasteiger partial charge in [0, 0.05) is 43.1 Å². The molecule has 8 heteroatoms. The first-order valence-electron chi connectivity index (χ1n) is 10.7. The topological polar surface area (TPSA) is 85.8 Å². The lowest BCUT2D eigenvalue weighted by Crippen LogP contribution is -2.17. The van der Waals surface area contributed by atoms with E-state index in [1.807, 2.05) is 17.8 Å². The van der Waals surface area contributed by atoms with Crippen LogP contribution < -0.4 is 5.56 Å². The van der Waals surface area contributed by atoms with Crippen molar-refractivity contribution in [1.29, 1.82) is 0 Å². The molecule has 4 heterocycles. The summed E-state index contributed by atoms with van der Waals surface area (Å²) in [6, 6.07) is 17.2. The van der Waals surface area contributed by atoms with Crippen LogP contribution in [0.1, 0.15) is 23.1 Å². The molecule has 7 nitrogen and oxygen atoms in total. The van der Waals surface area contributed by atoms with Crippen molar-refractivity contribution in [3.05, 3.63) is 112 Å². The number of aliphatic hydroxyl groups excluding tert-OH is 1. The number of aromatic nitrogens is 5. The Morgan fingerprint density at radius 1 is 1.06 bits per heavy atom. The van der Waals surface area contributed by atoms with Crippen molar-refractivity contribution in [2.24, 2.45) is 14.1 Å². The van der Waals surface area contributed by atoms with E-state index in [4.69, 9.17) is 18.0 Å². The van der Waals surface area contributed by atoms with Crippen molar-refractivity contribution >= 4 is 22.6 Å². The standard InChI is InChI=1S/C23H16ClN3O2.C4H6N2/c1-3-16-5-4-6-18(25-16)17-13-21(28)27(2)20-12-11-19(26-22(17)20)23(29)14-7-9-15(24)10-8-14;1-6-3-2-5-4-6/h1,4-13,23,29H,2H3;2-4H,1H3. The van der Waals surface area contributed by atoms with Crippen LogP contribution in [0.25, 0.3) is 22.3 Å². The Kier molecular flexibility index (Phi) is 7.06. The van der Waals surface area contributed by atoms with Gasteiger partial charge in [0.05, 0.1) is 28.7 Å². The Balaban J connectivity index is 0.000000421. The van der Waals surface area contributed by atoms with Gasteiger partial charge >= 0.3 is 0 Å². The fourth-order valence-electron chi connectivity index (χ4n) is 3.50. The van der Waals surface area contributed by atoms with Crippen molar-refractivity contribution < 1.29 is 5.11 Å². The van der Waals surface area contributed by atoms with Gasteiger partial charge in [-0.1, -0.05) is 35.7 Å². The van der Waals surface area contributed by atoms with Gasteiger partial charge in [-0.2, -0.15) is 0 Å². The van der Waals surface area contributed by atoms with E-state index in [1.54, 1.807) is 74.2 Å². The normalized spacial score (nSPS) is 11.4. The van der Waals surface area contributed by atoms with Crippen LogP contribution in [-0.2, 0) is 14.1 Å². The minimum absolute atomic E-state index is 0.187. The SMILES string of the molecule is C#Cc1cccc(-c2cc(=O)n(C)c3ccc(C(O)c4ccc(Cl)cc4)nc23)n1.Cn1ccnc1. The Hall–Kier alpha value is -4.25. The maximum atomic E-state index is 12.5. The third kappa shape index (κ3) is 5.30. The Morgan fingerprint density at radius 3 is 2.46 bits per heavy atom. The molecule has 0 amide bonds. The number of hydrogen-bond acceptors (Lipinski definition) is 5. The summed E-state index contributed by atoms with van der Waals surface area (Å²) in [4.78, 5) is 25.3. The number of aryl methyl sites for hydroxylation is 2. The monoisotopic (exact) mass is 483 g/mol. The number of fused-ring (bicyclic) bond motifs is 1. The molecule has 4 aromatic heterocycles. The van der Waals surface area contributed by atoms with Gasteiger partial charge in [0.15, 0.2) is 0 Å².